The van der Waals surface area contributed by atoms with Gasteiger partial charge in [0.25, 0.3) is 0 Å². The Bertz CT molecular complexity index is 504. The summed E-state index contributed by atoms with van der Waals surface area (Å²) >= 11 is 0. The van der Waals surface area contributed by atoms with Crippen LogP contribution in [0, 0.1) is 5.92 Å². The van der Waals surface area contributed by atoms with Crippen LogP contribution in [0.4, 0.5) is 5.69 Å². The average molecular weight is 278 g/mol. The second-order valence-electron chi connectivity index (χ2n) is 4.77. The highest BCUT2D eigenvalue weighted by molar-refractivity contribution is 5.97. The van der Waals surface area contributed by atoms with Gasteiger partial charge in [0.15, 0.2) is 0 Å². The Kier molecular flexibility index (Phi) is 4.57. The van der Waals surface area contributed by atoms with Crippen LogP contribution in [0.1, 0.15) is 6.42 Å². The van der Waals surface area contributed by atoms with Gasteiger partial charge >= 0.3 is 0 Å². The van der Waals surface area contributed by atoms with Crippen molar-refractivity contribution in [3.63, 3.8) is 0 Å². The maximum atomic E-state index is 12.1. The lowest BCUT2D eigenvalue weighted by molar-refractivity contribution is -0.128. The molecule has 1 fully saturated rings. The van der Waals surface area contributed by atoms with Crippen LogP contribution in [0.2, 0.25) is 0 Å². The van der Waals surface area contributed by atoms with Crippen LogP contribution < -0.4 is 5.32 Å². The van der Waals surface area contributed by atoms with Crippen molar-refractivity contribution in [2.24, 2.45) is 5.92 Å². The topological polar surface area (TPSA) is 78.9 Å². The van der Waals surface area contributed by atoms with Crippen molar-refractivity contribution in [2.75, 3.05) is 32.1 Å². The monoisotopic (exact) mass is 278 g/mol. The van der Waals surface area contributed by atoms with Crippen LogP contribution in [0.3, 0.4) is 0 Å². The van der Waals surface area contributed by atoms with Crippen molar-refractivity contribution in [1.29, 1.82) is 0 Å². The Morgan fingerprint density at radius 3 is 3.05 bits per heavy atom. The molecule has 2 N–H and O–H groups in total. The first-order valence-corrected chi connectivity index (χ1v) is 6.46. The molecule has 0 aromatic heterocycles. The Labute approximate surface area is 117 Å². The lowest BCUT2D eigenvalue weighted by Gasteiger charge is -2.15. The summed E-state index contributed by atoms with van der Waals surface area (Å²) in [6.07, 6.45) is 0.217. The minimum Gasteiger partial charge on any atom is -0.508 e. The number of phenolic OH excluding ortho intramolecular Hbond substituents is 1. The Morgan fingerprint density at radius 2 is 2.35 bits per heavy atom. The number of rotatable bonds is 5. The third-order valence-corrected chi connectivity index (χ3v) is 3.26. The standard InChI is InChI=1S/C14H18N2O4/c1-20-6-5-16-9-10(7-13(16)18)14(19)15-11-3-2-4-12(17)8-11/h2-4,8,10,17H,5-7,9H2,1H3,(H,15,19). The molecule has 0 bridgehead atoms. The van der Waals surface area contributed by atoms with Crippen molar-refractivity contribution in [2.45, 2.75) is 6.42 Å². The Balaban J connectivity index is 1.92. The summed E-state index contributed by atoms with van der Waals surface area (Å²) in [7, 11) is 1.58. The summed E-state index contributed by atoms with van der Waals surface area (Å²) < 4.78 is 4.93. The predicted molar refractivity (Wildman–Crippen MR) is 73.3 cm³/mol. The van der Waals surface area contributed by atoms with Crippen LogP contribution in [-0.4, -0.2) is 48.6 Å². The molecular formula is C14H18N2O4. The van der Waals surface area contributed by atoms with Crippen molar-refractivity contribution in [3.05, 3.63) is 24.3 Å². The lowest BCUT2D eigenvalue weighted by Crippen LogP contribution is -2.30. The molecule has 0 radical (unpaired) electrons. The summed E-state index contributed by atoms with van der Waals surface area (Å²) in [4.78, 5) is 25.5. The smallest absolute Gasteiger partial charge is 0.229 e. The number of nitrogens with one attached hydrogen (secondary N) is 1. The summed E-state index contributed by atoms with van der Waals surface area (Å²) in [5.74, 6) is -0.504. The van der Waals surface area contributed by atoms with E-state index < -0.39 is 0 Å². The fourth-order valence-corrected chi connectivity index (χ4v) is 2.19. The number of phenols is 1. The van der Waals surface area contributed by atoms with E-state index in [-0.39, 0.29) is 29.9 Å². The van der Waals surface area contributed by atoms with Gasteiger partial charge in [0.05, 0.1) is 12.5 Å². The molecule has 1 aromatic carbocycles. The van der Waals surface area contributed by atoms with Gasteiger partial charge in [-0.2, -0.15) is 0 Å². The fraction of sp³-hybridized carbons (Fsp3) is 0.429. The van der Waals surface area contributed by atoms with E-state index in [0.717, 1.165) is 0 Å². The van der Waals surface area contributed by atoms with E-state index in [1.165, 1.54) is 12.1 Å². The number of hydrogen-bond acceptors (Lipinski definition) is 4. The van der Waals surface area contributed by atoms with Gasteiger partial charge in [0.2, 0.25) is 11.8 Å². The number of amides is 2. The second kappa shape index (κ2) is 6.38. The Hall–Kier alpha value is -2.08. The van der Waals surface area contributed by atoms with Gasteiger partial charge in [0.1, 0.15) is 5.75 Å². The largest absolute Gasteiger partial charge is 0.508 e. The summed E-state index contributed by atoms with van der Waals surface area (Å²) in [6, 6.07) is 6.34. The zero-order valence-corrected chi connectivity index (χ0v) is 11.3. The number of carbonyl (C=O) groups excluding carboxylic acids is 2. The number of ether oxygens (including phenoxy) is 1. The number of aromatic hydroxyl groups is 1. The molecule has 0 aliphatic carbocycles. The molecule has 20 heavy (non-hydrogen) atoms. The highest BCUT2D eigenvalue weighted by Gasteiger charge is 2.33. The van der Waals surface area contributed by atoms with Crippen molar-refractivity contribution < 1.29 is 19.4 Å². The van der Waals surface area contributed by atoms with Gasteiger partial charge in [0, 0.05) is 38.4 Å². The summed E-state index contributed by atoms with van der Waals surface area (Å²) in [5.41, 5.74) is 0.526. The van der Waals surface area contributed by atoms with E-state index in [9.17, 15) is 14.7 Å². The van der Waals surface area contributed by atoms with E-state index >= 15 is 0 Å². The minimum absolute atomic E-state index is 0.0295. The van der Waals surface area contributed by atoms with Crippen LogP contribution in [0.5, 0.6) is 5.75 Å². The number of carbonyl (C=O) groups is 2. The lowest BCUT2D eigenvalue weighted by atomic mass is 10.1. The van der Waals surface area contributed by atoms with Gasteiger partial charge in [-0.15, -0.1) is 0 Å². The van der Waals surface area contributed by atoms with Gasteiger partial charge in [-0.25, -0.2) is 0 Å². The predicted octanol–water partition coefficient (Wildman–Crippen LogP) is 0.826. The fourth-order valence-electron chi connectivity index (χ4n) is 2.19. The number of hydrogen-bond donors (Lipinski definition) is 2. The van der Waals surface area contributed by atoms with Crippen molar-refractivity contribution in [1.82, 2.24) is 4.90 Å². The molecule has 1 saturated heterocycles. The number of nitrogens with zero attached hydrogens (tertiary/aromatic N) is 1. The third kappa shape index (κ3) is 3.48. The maximum absolute atomic E-state index is 12.1. The van der Waals surface area contributed by atoms with Gasteiger partial charge in [-0.05, 0) is 12.1 Å². The first kappa shape index (κ1) is 14.3. The Morgan fingerprint density at radius 1 is 1.55 bits per heavy atom. The quantitative estimate of drug-likeness (QED) is 0.836. The molecule has 2 amide bonds. The van der Waals surface area contributed by atoms with E-state index in [0.29, 0.717) is 25.4 Å². The first-order valence-electron chi connectivity index (χ1n) is 6.46. The number of benzene rings is 1. The summed E-state index contributed by atoms with van der Waals surface area (Å²) in [6.45, 7) is 1.38. The molecule has 1 aromatic rings. The number of methoxy groups -OCH3 is 1. The molecule has 1 aliphatic heterocycles. The van der Waals surface area contributed by atoms with Gasteiger partial charge in [-0.1, -0.05) is 6.07 Å². The van der Waals surface area contributed by atoms with E-state index in [1.54, 1.807) is 24.1 Å². The zero-order valence-electron chi connectivity index (χ0n) is 11.3. The molecule has 1 atom stereocenters. The van der Waals surface area contributed by atoms with Crippen LogP contribution in [0.25, 0.3) is 0 Å². The normalized spacial score (nSPS) is 18.4. The SMILES string of the molecule is COCCN1CC(C(=O)Nc2cccc(O)c2)CC1=O. The highest BCUT2D eigenvalue weighted by atomic mass is 16.5. The van der Waals surface area contributed by atoms with Gasteiger partial charge in [-0.3, -0.25) is 9.59 Å². The molecule has 108 valence electrons. The second-order valence-corrected chi connectivity index (χ2v) is 4.77. The van der Waals surface area contributed by atoms with Crippen LogP contribution in [-0.2, 0) is 14.3 Å². The molecule has 1 unspecified atom stereocenters. The number of anilines is 1. The summed E-state index contributed by atoms with van der Waals surface area (Å²) in [5, 5.41) is 12.1. The highest BCUT2D eigenvalue weighted by Crippen LogP contribution is 2.21. The van der Waals surface area contributed by atoms with Crippen molar-refractivity contribution in [3.8, 4) is 5.75 Å². The molecule has 1 aliphatic rings. The van der Waals surface area contributed by atoms with E-state index in [2.05, 4.69) is 5.32 Å². The zero-order chi connectivity index (χ0) is 14.5. The van der Waals surface area contributed by atoms with Gasteiger partial charge < -0.3 is 20.1 Å². The van der Waals surface area contributed by atoms with Crippen molar-refractivity contribution >= 4 is 17.5 Å². The minimum atomic E-state index is -0.360. The molecule has 0 saturated carbocycles. The maximum Gasteiger partial charge on any atom is 0.229 e. The molecule has 0 spiro atoms. The molecule has 6 nitrogen and oxygen atoms in total. The van der Waals surface area contributed by atoms with Crippen LogP contribution in [0.15, 0.2) is 24.3 Å². The van der Waals surface area contributed by atoms with Crippen LogP contribution >= 0.6 is 0 Å². The molecule has 1 heterocycles. The van der Waals surface area contributed by atoms with E-state index in [1.807, 2.05) is 0 Å². The molecule has 6 heteroatoms. The average Bonchev–Trinajstić information content (AvgIpc) is 2.78. The molecule has 2 rings (SSSR count). The number of likely N-dealkylation sites (tertiary alicyclic amines) is 1. The first-order chi connectivity index (χ1) is 9.60. The third-order valence-electron chi connectivity index (χ3n) is 3.26. The van der Waals surface area contributed by atoms with E-state index in [4.69, 9.17) is 4.74 Å². The molecular weight excluding hydrogens is 260 g/mol.